The first-order valence-electron chi connectivity index (χ1n) is 7.34. The maximum Gasteiger partial charge on any atom is 0.174 e. The van der Waals surface area contributed by atoms with Crippen molar-refractivity contribution in [1.82, 2.24) is 15.1 Å². The maximum absolute atomic E-state index is 8.52. The molecule has 0 bridgehead atoms. The monoisotopic (exact) mass is 314 g/mol. The van der Waals surface area contributed by atoms with E-state index in [0.717, 1.165) is 25.9 Å². The molecule has 6 nitrogen and oxygen atoms in total. The first-order chi connectivity index (χ1) is 9.97. The van der Waals surface area contributed by atoms with Gasteiger partial charge >= 0.3 is 0 Å². The van der Waals surface area contributed by atoms with E-state index in [4.69, 9.17) is 27.1 Å². The number of hydrogen-bond donors (Lipinski definition) is 2. The molecular weight excluding hydrogens is 288 g/mol. The lowest BCUT2D eigenvalue weighted by Gasteiger charge is -2.47. The van der Waals surface area contributed by atoms with Crippen LogP contribution in [0.5, 0.6) is 0 Å². The number of amidine groups is 1. The molecule has 0 aromatic carbocycles. The second-order valence-electron chi connectivity index (χ2n) is 6.02. The lowest BCUT2D eigenvalue weighted by atomic mass is 9.78. The van der Waals surface area contributed by atoms with Gasteiger partial charge in [0.15, 0.2) is 5.11 Å². The summed E-state index contributed by atoms with van der Waals surface area (Å²) in [5.41, 5.74) is 0. The van der Waals surface area contributed by atoms with Crippen LogP contribution in [0.2, 0.25) is 0 Å². The summed E-state index contributed by atoms with van der Waals surface area (Å²) >= 11 is 5.44. The fourth-order valence-electron chi connectivity index (χ4n) is 3.16. The van der Waals surface area contributed by atoms with Crippen molar-refractivity contribution in [2.75, 3.05) is 41.4 Å². The topological polar surface area (TPSA) is 60.8 Å². The molecule has 0 aromatic heterocycles. The maximum atomic E-state index is 8.52. The van der Waals surface area contributed by atoms with Crippen molar-refractivity contribution in [3.8, 4) is 0 Å². The number of ether oxygens (including phenoxy) is 2. The van der Waals surface area contributed by atoms with Gasteiger partial charge in [-0.25, -0.2) is 0 Å². The minimum Gasteiger partial charge on any atom is -0.379 e. The van der Waals surface area contributed by atoms with Gasteiger partial charge in [0.2, 0.25) is 0 Å². The van der Waals surface area contributed by atoms with E-state index in [9.17, 15) is 0 Å². The quantitative estimate of drug-likeness (QED) is 0.722. The van der Waals surface area contributed by atoms with E-state index in [1.165, 1.54) is 0 Å². The van der Waals surface area contributed by atoms with Gasteiger partial charge in [0, 0.05) is 39.3 Å². The highest BCUT2D eigenvalue weighted by molar-refractivity contribution is 7.80. The lowest BCUT2D eigenvalue weighted by Crippen LogP contribution is -2.64. The summed E-state index contributed by atoms with van der Waals surface area (Å²) in [6.45, 7) is 1.61. The van der Waals surface area contributed by atoms with Gasteiger partial charge in [0.1, 0.15) is 5.84 Å². The molecule has 0 radical (unpaired) electrons. The van der Waals surface area contributed by atoms with Gasteiger partial charge in [0.05, 0.1) is 12.2 Å². The average molecular weight is 314 g/mol. The van der Waals surface area contributed by atoms with Crippen LogP contribution in [0.3, 0.4) is 0 Å². The number of likely N-dealkylation sites (N-methyl/N-ethyl adjacent to an activating group) is 1. The Kier molecular flexibility index (Phi) is 5.54. The van der Waals surface area contributed by atoms with Crippen LogP contribution in [0.1, 0.15) is 12.8 Å². The van der Waals surface area contributed by atoms with E-state index >= 15 is 0 Å². The minimum absolute atomic E-state index is 0.0424. The number of nitrogens with one attached hydrogen (secondary N) is 2. The van der Waals surface area contributed by atoms with Crippen LogP contribution < -0.4 is 5.32 Å². The Balaban J connectivity index is 2.08. The highest BCUT2D eigenvalue weighted by Crippen LogP contribution is 2.32. The molecule has 2 N–H and O–H groups in total. The predicted octanol–water partition coefficient (Wildman–Crippen LogP) is 0.524. The van der Waals surface area contributed by atoms with Crippen molar-refractivity contribution in [2.24, 2.45) is 5.92 Å². The highest BCUT2D eigenvalue weighted by Gasteiger charge is 2.44. The van der Waals surface area contributed by atoms with Gasteiger partial charge in [-0.15, -0.1) is 0 Å². The average Bonchev–Trinajstić information content (AvgIpc) is 2.45. The number of nitrogens with zero attached hydrogens (tertiary/aromatic N) is 2. The van der Waals surface area contributed by atoms with Gasteiger partial charge in [-0.2, -0.15) is 0 Å². The molecule has 1 aliphatic carbocycles. The smallest absolute Gasteiger partial charge is 0.174 e. The Morgan fingerprint density at radius 1 is 1.29 bits per heavy atom. The summed E-state index contributed by atoms with van der Waals surface area (Å²) in [5.74, 6) is 0.748. The number of methoxy groups -OCH3 is 2. The van der Waals surface area contributed by atoms with E-state index < -0.39 is 0 Å². The Morgan fingerprint density at radius 3 is 2.48 bits per heavy atom. The van der Waals surface area contributed by atoms with Gasteiger partial charge in [-0.3, -0.25) is 5.41 Å². The normalized spacial score (nSPS) is 33.1. The highest BCUT2D eigenvalue weighted by atomic mass is 32.1. The van der Waals surface area contributed by atoms with Gasteiger partial charge < -0.3 is 24.6 Å². The van der Waals surface area contributed by atoms with Crippen LogP contribution >= 0.6 is 12.2 Å². The third kappa shape index (κ3) is 3.53. The summed E-state index contributed by atoms with van der Waals surface area (Å²) in [4.78, 5) is 4.01. The molecule has 0 spiro atoms. The molecule has 1 saturated carbocycles. The minimum atomic E-state index is 0.0424. The Hall–Kier alpha value is -0.760. The third-order valence-electron chi connectivity index (χ3n) is 4.45. The zero-order valence-electron chi connectivity index (χ0n) is 13.3. The van der Waals surface area contributed by atoms with Crippen molar-refractivity contribution in [1.29, 1.82) is 5.41 Å². The number of fused-ring (bicyclic) bond motifs is 1. The van der Waals surface area contributed by atoms with Crippen molar-refractivity contribution < 1.29 is 9.47 Å². The molecule has 2 rings (SSSR count). The Labute approximate surface area is 132 Å². The summed E-state index contributed by atoms with van der Waals surface area (Å²) in [6, 6.07) is 0.178. The Morgan fingerprint density at radius 2 is 1.90 bits per heavy atom. The molecule has 2 fully saturated rings. The first kappa shape index (κ1) is 16.6. The van der Waals surface area contributed by atoms with Gasteiger partial charge in [-0.05, 0) is 39.2 Å². The van der Waals surface area contributed by atoms with Crippen LogP contribution in [-0.2, 0) is 9.47 Å². The molecule has 0 amide bonds. The third-order valence-corrected chi connectivity index (χ3v) is 4.78. The predicted molar refractivity (Wildman–Crippen MR) is 86.8 cm³/mol. The molecule has 21 heavy (non-hydrogen) atoms. The summed E-state index contributed by atoms with van der Waals surface area (Å²) in [5, 5.41) is 12.6. The fraction of sp³-hybridized carbons (Fsp3) is 0.857. The second-order valence-corrected chi connectivity index (χ2v) is 6.41. The molecule has 4 unspecified atom stereocenters. The molecule has 1 aliphatic heterocycles. The SMILES string of the molecule is COC1CC2NC(=S)N(CCN(C)C)C(=N)C2CC1OC. The van der Waals surface area contributed by atoms with Gasteiger partial charge in [-0.1, -0.05) is 0 Å². The Bertz CT molecular complexity index is 404. The van der Waals surface area contributed by atoms with Crippen LogP contribution in [0.25, 0.3) is 0 Å². The van der Waals surface area contributed by atoms with E-state index in [2.05, 4.69) is 10.2 Å². The summed E-state index contributed by atoms with van der Waals surface area (Å²) in [7, 11) is 7.48. The molecular formula is C14H26N4O2S. The molecule has 0 aromatic rings. The largest absolute Gasteiger partial charge is 0.379 e. The van der Waals surface area contributed by atoms with E-state index in [-0.39, 0.29) is 24.2 Å². The molecule has 1 saturated heterocycles. The molecule has 4 atom stereocenters. The zero-order valence-corrected chi connectivity index (χ0v) is 14.1. The van der Waals surface area contributed by atoms with Crippen LogP contribution in [0.15, 0.2) is 0 Å². The van der Waals surface area contributed by atoms with Crippen molar-refractivity contribution in [3.63, 3.8) is 0 Å². The molecule has 1 heterocycles. The fourth-order valence-corrected chi connectivity index (χ4v) is 3.50. The van der Waals surface area contributed by atoms with E-state index in [0.29, 0.717) is 10.9 Å². The van der Waals surface area contributed by atoms with Crippen molar-refractivity contribution in [3.05, 3.63) is 0 Å². The van der Waals surface area contributed by atoms with Gasteiger partial charge in [0.25, 0.3) is 0 Å². The second kappa shape index (κ2) is 7.00. The molecule has 2 aliphatic rings. The number of hydrogen-bond acceptors (Lipinski definition) is 5. The number of thiocarbonyl (C=S) groups is 1. The molecule has 7 heteroatoms. The van der Waals surface area contributed by atoms with Crippen LogP contribution in [0, 0.1) is 11.3 Å². The van der Waals surface area contributed by atoms with E-state index in [1.54, 1.807) is 14.2 Å². The van der Waals surface area contributed by atoms with Crippen LogP contribution in [0.4, 0.5) is 0 Å². The van der Waals surface area contributed by atoms with Crippen LogP contribution in [-0.4, -0.2) is 80.4 Å². The zero-order chi connectivity index (χ0) is 15.6. The first-order valence-corrected chi connectivity index (χ1v) is 7.75. The van der Waals surface area contributed by atoms with Crippen molar-refractivity contribution >= 4 is 23.2 Å². The standard InChI is InChI=1S/C14H26N4O2S/c1-17(2)5-6-18-13(15)9-7-11(19-3)12(20-4)8-10(9)16-14(18)21/h9-12,15H,5-8H2,1-4H3,(H,16,21). The summed E-state index contributed by atoms with van der Waals surface area (Å²) < 4.78 is 11.1. The number of rotatable bonds is 5. The summed E-state index contributed by atoms with van der Waals surface area (Å²) in [6.07, 6.45) is 1.73. The van der Waals surface area contributed by atoms with Crippen molar-refractivity contribution in [2.45, 2.75) is 31.1 Å². The lowest BCUT2D eigenvalue weighted by molar-refractivity contribution is -0.0720. The van der Waals surface area contributed by atoms with E-state index in [1.807, 2.05) is 19.0 Å². The molecule has 120 valence electrons.